The fourth-order valence-corrected chi connectivity index (χ4v) is 2.47. The van der Waals surface area contributed by atoms with Crippen LogP contribution in [-0.2, 0) is 0 Å². The van der Waals surface area contributed by atoms with E-state index in [0.29, 0.717) is 16.9 Å². The van der Waals surface area contributed by atoms with Crippen LogP contribution in [0.2, 0.25) is 0 Å². The summed E-state index contributed by atoms with van der Waals surface area (Å²) in [7, 11) is 0. The molecule has 0 heterocycles. The summed E-state index contributed by atoms with van der Waals surface area (Å²) in [4.78, 5) is 12.3. The van der Waals surface area contributed by atoms with Crippen LogP contribution in [0.4, 0.5) is 25.8 Å². The van der Waals surface area contributed by atoms with Crippen molar-refractivity contribution in [3.8, 4) is 11.1 Å². The molecule has 0 bridgehead atoms. The third kappa shape index (κ3) is 3.28. The lowest BCUT2D eigenvalue weighted by Gasteiger charge is -2.10. The standard InChI is InChI=1S/C19H15F2N3O/c20-14-4-2-5-15(21)17(14)11-7-9-12(10-8-11)24-19(25)13-3-1-6-16(22)18(13)23/h1-10H,22-23H2,(H,24,25). The summed E-state index contributed by atoms with van der Waals surface area (Å²) < 4.78 is 27.6. The second-order valence-electron chi connectivity index (χ2n) is 5.44. The predicted molar refractivity (Wildman–Crippen MR) is 95.0 cm³/mol. The minimum Gasteiger partial charge on any atom is -0.397 e. The molecule has 4 nitrogen and oxygen atoms in total. The largest absolute Gasteiger partial charge is 0.397 e. The molecule has 0 aliphatic heterocycles. The summed E-state index contributed by atoms with van der Waals surface area (Å²) in [6.07, 6.45) is 0. The number of amides is 1. The Balaban J connectivity index is 1.84. The van der Waals surface area contributed by atoms with E-state index in [1.165, 1.54) is 30.3 Å². The Labute approximate surface area is 143 Å². The molecular formula is C19H15F2N3O. The number of nitrogen functional groups attached to an aromatic ring is 2. The third-order valence-corrected chi connectivity index (χ3v) is 3.78. The van der Waals surface area contributed by atoms with E-state index >= 15 is 0 Å². The van der Waals surface area contributed by atoms with Gasteiger partial charge < -0.3 is 16.8 Å². The van der Waals surface area contributed by atoms with Crippen molar-refractivity contribution in [3.05, 3.63) is 77.9 Å². The Morgan fingerprint density at radius 1 is 0.840 bits per heavy atom. The molecule has 0 saturated heterocycles. The van der Waals surface area contributed by atoms with Crippen LogP contribution in [0.25, 0.3) is 11.1 Å². The summed E-state index contributed by atoms with van der Waals surface area (Å²) in [6.45, 7) is 0. The number of nitrogens with one attached hydrogen (secondary N) is 1. The number of carbonyl (C=O) groups excluding carboxylic acids is 1. The van der Waals surface area contributed by atoms with Gasteiger partial charge in [-0.25, -0.2) is 8.78 Å². The van der Waals surface area contributed by atoms with Gasteiger partial charge in [-0.15, -0.1) is 0 Å². The summed E-state index contributed by atoms with van der Waals surface area (Å²) in [5.41, 5.74) is 13.0. The van der Waals surface area contributed by atoms with Crippen LogP contribution < -0.4 is 16.8 Å². The number of hydrogen-bond donors (Lipinski definition) is 3. The van der Waals surface area contributed by atoms with E-state index in [2.05, 4.69) is 5.32 Å². The zero-order valence-electron chi connectivity index (χ0n) is 13.1. The van der Waals surface area contributed by atoms with Gasteiger partial charge in [0.2, 0.25) is 0 Å². The predicted octanol–water partition coefficient (Wildman–Crippen LogP) is 4.05. The van der Waals surface area contributed by atoms with E-state index < -0.39 is 17.5 Å². The van der Waals surface area contributed by atoms with Crippen LogP contribution in [0, 0.1) is 11.6 Å². The molecule has 126 valence electrons. The van der Waals surface area contributed by atoms with Crippen LogP contribution in [0.3, 0.4) is 0 Å². The lowest BCUT2D eigenvalue weighted by atomic mass is 10.0. The summed E-state index contributed by atoms with van der Waals surface area (Å²) >= 11 is 0. The van der Waals surface area contributed by atoms with Crippen molar-refractivity contribution in [1.82, 2.24) is 0 Å². The molecule has 0 aromatic heterocycles. The number of nitrogens with two attached hydrogens (primary N) is 2. The van der Waals surface area contributed by atoms with Gasteiger partial charge in [0.05, 0.1) is 22.5 Å². The van der Waals surface area contributed by atoms with Gasteiger partial charge in [0.1, 0.15) is 11.6 Å². The van der Waals surface area contributed by atoms with Crippen molar-refractivity contribution in [2.75, 3.05) is 16.8 Å². The lowest BCUT2D eigenvalue weighted by molar-refractivity contribution is 0.102. The molecule has 0 fully saturated rings. The number of hydrogen-bond acceptors (Lipinski definition) is 3. The van der Waals surface area contributed by atoms with Crippen molar-refractivity contribution in [3.63, 3.8) is 0 Å². The summed E-state index contributed by atoms with van der Waals surface area (Å²) in [6, 6.07) is 14.6. The molecule has 0 spiro atoms. The zero-order chi connectivity index (χ0) is 18.0. The molecule has 0 aliphatic rings. The van der Waals surface area contributed by atoms with E-state index in [1.54, 1.807) is 30.3 Å². The van der Waals surface area contributed by atoms with Crippen molar-refractivity contribution in [2.24, 2.45) is 0 Å². The van der Waals surface area contributed by atoms with Crippen LogP contribution >= 0.6 is 0 Å². The maximum absolute atomic E-state index is 13.8. The first-order chi connectivity index (χ1) is 12.0. The highest BCUT2D eigenvalue weighted by atomic mass is 19.1. The second-order valence-corrected chi connectivity index (χ2v) is 5.44. The van der Waals surface area contributed by atoms with E-state index in [4.69, 9.17) is 11.5 Å². The Bertz CT molecular complexity index is 920. The molecule has 5 N–H and O–H groups in total. The molecule has 6 heteroatoms. The summed E-state index contributed by atoms with van der Waals surface area (Å²) in [5, 5.41) is 2.67. The number of halogens is 2. The SMILES string of the molecule is Nc1cccc(C(=O)Nc2ccc(-c3c(F)cccc3F)cc2)c1N. The van der Waals surface area contributed by atoms with Crippen LogP contribution in [0.5, 0.6) is 0 Å². The first kappa shape index (κ1) is 16.4. The van der Waals surface area contributed by atoms with Gasteiger partial charge in [0.15, 0.2) is 0 Å². The Morgan fingerprint density at radius 2 is 1.44 bits per heavy atom. The van der Waals surface area contributed by atoms with Gasteiger partial charge in [-0.3, -0.25) is 4.79 Å². The smallest absolute Gasteiger partial charge is 0.257 e. The third-order valence-electron chi connectivity index (χ3n) is 3.78. The number of anilines is 3. The fraction of sp³-hybridized carbons (Fsp3) is 0. The molecule has 0 aliphatic carbocycles. The van der Waals surface area contributed by atoms with E-state index in [1.807, 2.05) is 0 Å². The van der Waals surface area contributed by atoms with Gasteiger partial charge in [-0.05, 0) is 42.0 Å². The first-order valence-corrected chi connectivity index (χ1v) is 7.47. The molecule has 0 atom stereocenters. The minimum absolute atomic E-state index is 0.111. The maximum atomic E-state index is 13.8. The second kappa shape index (κ2) is 6.60. The average Bonchev–Trinajstić information content (AvgIpc) is 2.58. The van der Waals surface area contributed by atoms with Gasteiger partial charge >= 0.3 is 0 Å². The van der Waals surface area contributed by atoms with E-state index in [9.17, 15) is 13.6 Å². The maximum Gasteiger partial charge on any atom is 0.257 e. The quantitative estimate of drug-likeness (QED) is 0.630. The Morgan fingerprint density at radius 3 is 2.08 bits per heavy atom. The highest BCUT2D eigenvalue weighted by Crippen LogP contribution is 2.27. The first-order valence-electron chi connectivity index (χ1n) is 7.47. The van der Waals surface area contributed by atoms with Crippen LogP contribution in [-0.4, -0.2) is 5.91 Å². The highest BCUT2D eigenvalue weighted by molar-refractivity contribution is 6.09. The molecule has 0 radical (unpaired) electrons. The highest BCUT2D eigenvalue weighted by Gasteiger charge is 2.13. The Kier molecular flexibility index (Phi) is 4.35. The summed E-state index contributed by atoms with van der Waals surface area (Å²) in [5.74, 6) is -1.72. The molecule has 3 aromatic carbocycles. The molecule has 0 unspecified atom stereocenters. The van der Waals surface area contributed by atoms with Gasteiger partial charge in [-0.2, -0.15) is 0 Å². The molecule has 1 amide bonds. The molecule has 25 heavy (non-hydrogen) atoms. The normalized spacial score (nSPS) is 10.5. The van der Waals surface area contributed by atoms with E-state index in [0.717, 1.165) is 0 Å². The van der Waals surface area contributed by atoms with Crippen molar-refractivity contribution in [1.29, 1.82) is 0 Å². The van der Waals surface area contributed by atoms with Crippen molar-refractivity contribution < 1.29 is 13.6 Å². The molecular weight excluding hydrogens is 324 g/mol. The fourth-order valence-electron chi connectivity index (χ4n) is 2.47. The lowest BCUT2D eigenvalue weighted by Crippen LogP contribution is -2.14. The van der Waals surface area contributed by atoms with Crippen molar-refractivity contribution >= 4 is 23.0 Å². The molecule has 3 rings (SSSR count). The van der Waals surface area contributed by atoms with E-state index in [-0.39, 0.29) is 16.8 Å². The van der Waals surface area contributed by atoms with Gasteiger partial charge in [0, 0.05) is 5.69 Å². The van der Waals surface area contributed by atoms with Crippen molar-refractivity contribution in [2.45, 2.75) is 0 Å². The molecule has 0 saturated carbocycles. The Hall–Kier alpha value is -3.41. The molecule has 3 aromatic rings. The zero-order valence-corrected chi connectivity index (χ0v) is 13.1. The number of para-hydroxylation sites is 1. The number of benzene rings is 3. The number of carbonyl (C=O) groups is 1. The number of rotatable bonds is 3. The van der Waals surface area contributed by atoms with Gasteiger partial charge in [0.25, 0.3) is 5.91 Å². The average molecular weight is 339 g/mol. The van der Waals surface area contributed by atoms with Gasteiger partial charge in [-0.1, -0.05) is 24.3 Å². The van der Waals surface area contributed by atoms with Crippen LogP contribution in [0.1, 0.15) is 10.4 Å². The van der Waals surface area contributed by atoms with Crippen LogP contribution in [0.15, 0.2) is 60.7 Å². The minimum atomic E-state index is -0.649. The monoisotopic (exact) mass is 339 g/mol. The topological polar surface area (TPSA) is 81.1 Å².